The van der Waals surface area contributed by atoms with Crippen molar-refractivity contribution in [3.8, 4) is 11.3 Å². The first-order valence-electron chi connectivity index (χ1n) is 8.09. The quantitative estimate of drug-likeness (QED) is 0.748. The molecule has 128 valence electrons. The number of carbonyl (C=O) groups is 1. The Kier molecular flexibility index (Phi) is 4.79. The fourth-order valence-electron chi connectivity index (χ4n) is 2.65. The molecule has 6 nitrogen and oxygen atoms in total. The summed E-state index contributed by atoms with van der Waals surface area (Å²) in [7, 11) is 1.84. The average molecular weight is 336 g/mol. The molecule has 0 aliphatic rings. The summed E-state index contributed by atoms with van der Waals surface area (Å²) in [6.07, 6.45) is 4.32. The van der Waals surface area contributed by atoms with Crippen LogP contribution in [0.2, 0.25) is 0 Å². The molecule has 2 N–H and O–H groups in total. The van der Waals surface area contributed by atoms with Gasteiger partial charge in [-0.25, -0.2) is 0 Å². The van der Waals surface area contributed by atoms with Crippen molar-refractivity contribution in [2.75, 3.05) is 6.54 Å². The number of hydrogen-bond acceptors (Lipinski definition) is 3. The van der Waals surface area contributed by atoms with E-state index in [4.69, 9.17) is 0 Å². The maximum Gasteiger partial charge on any atom is 0.261 e. The van der Waals surface area contributed by atoms with Crippen molar-refractivity contribution in [1.82, 2.24) is 20.1 Å². The van der Waals surface area contributed by atoms with Gasteiger partial charge in [0.2, 0.25) is 0 Å². The number of aryl methyl sites for hydroxylation is 2. The van der Waals surface area contributed by atoms with Crippen molar-refractivity contribution in [3.05, 3.63) is 75.8 Å². The molecule has 0 spiro atoms. The summed E-state index contributed by atoms with van der Waals surface area (Å²) in [6.45, 7) is 2.44. The fraction of sp³-hybridized carbons (Fsp3) is 0.211. The van der Waals surface area contributed by atoms with Gasteiger partial charge >= 0.3 is 0 Å². The number of H-pyrrole nitrogens is 1. The van der Waals surface area contributed by atoms with E-state index in [1.807, 2.05) is 44.4 Å². The highest BCUT2D eigenvalue weighted by Gasteiger charge is 2.11. The van der Waals surface area contributed by atoms with Crippen LogP contribution in [0.1, 0.15) is 21.5 Å². The zero-order valence-electron chi connectivity index (χ0n) is 14.2. The Morgan fingerprint density at radius 1 is 1.28 bits per heavy atom. The number of aromatic nitrogens is 3. The number of nitrogens with zero attached hydrogens (tertiary/aromatic N) is 2. The standard InChI is InChI=1S/C19H20N4O2/c1-13-4-3-5-15(10-13)17-7-6-16(19(25)22-17)18(24)20-9-8-14-11-21-23(2)12-14/h3-7,10-12H,8-9H2,1-2H3,(H,20,24)(H,22,25). The van der Waals surface area contributed by atoms with E-state index >= 15 is 0 Å². The predicted molar refractivity (Wildman–Crippen MR) is 96.5 cm³/mol. The van der Waals surface area contributed by atoms with Crippen LogP contribution in [0, 0.1) is 6.92 Å². The molecule has 0 unspecified atom stereocenters. The second-order valence-corrected chi connectivity index (χ2v) is 6.01. The Hall–Kier alpha value is -3.15. The highest BCUT2D eigenvalue weighted by Crippen LogP contribution is 2.16. The van der Waals surface area contributed by atoms with E-state index in [-0.39, 0.29) is 11.5 Å². The van der Waals surface area contributed by atoms with Crippen molar-refractivity contribution >= 4 is 5.91 Å². The Morgan fingerprint density at radius 3 is 2.80 bits per heavy atom. The van der Waals surface area contributed by atoms with Crippen LogP contribution in [0.15, 0.2) is 53.6 Å². The van der Waals surface area contributed by atoms with Gasteiger partial charge < -0.3 is 10.3 Å². The molecule has 0 atom stereocenters. The highest BCUT2D eigenvalue weighted by molar-refractivity contribution is 5.94. The Morgan fingerprint density at radius 2 is 2.12 bits per heavy atom. The smallest absolute Gasteiger partial charge is 0.261 e. The summed E-state index contributed by atoms with van der Waals surface area (Å²) in [5.41, 5.74) is 3.48. The lowest BCUT2D eigenvalue weighted by atomic mass is 10.1. The molecule has 0 bridgehead atoms. The molecule has 25 heavy (non-hydrogen) atoms. The Bertz CT molecular complexity index is 956. The number of pyridine rings is 1. The van der Waals surface area contributed by atoms with E-state index in [1.165, 1.54) is 0 Å². The molecule has 1 aromatic carbocycles. The SMILES string of the molecule is Cc1cccc(-c2ccc(C(=O)NCCc3cnn(C)c3)c(=O)[nH]2)c1. The third kappa shape index (κ3) is 4.03. The molecule has 2 aromatic heterocycles. The molecule has 3 rings (SSSR count). The van der Waals surface area contributed by atoms with Crippen LogP contribution < -0.4 is 10.9 Å². The number of amides is 1. The molecule has 0 aliphatic carbocycles. The van der Waals surface area contributed by atoms with Gasteiger partial charge in [0.15, 0.2) is 0 Å². The van der Waals surface area contributed by atoms with Crippen LogP contribution in [0.5, 0.6) is 0 Å². The molecule has 6 heteroatoms. The average Bonchev–Trinajstić information content (AvgIpc) is 3.00. The largest absolute Gasteiger partial charge is 0.352 e. The van der Waals surface area contributed by atoms with Gasteiger partial charge in [-0.15, -0.1) is 0 Å². The second kappa shape index (κ2) is 7.17. The van der Waals surface area contributed by atoms with E-state index in [2.05, 4.69) is 15.4 Å². The minimum absolute atomic E-state index is 0.114. The molecule has 0 aliphatic heterocycles. The normalized spacial score (nSPS) is 10.6. The number of benzene rings is 1. The summed E-state index contributed by atoms with van der Waals surface area (Å²) < 4.78 is 1.71. The zero-order chi connectivity index (χ0) is 17.8. The lowest BCUT2D eigenvalue weighted by Crippen LogP contribution is -2.31. The summed E-state index contributed by atoms with van der Waals surface area (Å²) in [6, 6.07) is 11.2. The predicted octanol–water partition coefficient (Wildman–Crippen LogP) is 2.06. The first-order valence-corrected chi connectivity index (χ1v) is 8.09. The summed E-state index contributed by atoms with van der Waals surface area (Å²) in [5, 5.41) is 6.85. The number of hydrogen-bond donors (Lipinski definition) is 2. The molecule has 0 saturated carbocycles. The zero-order valence-corrected chi connectivity index (χ0v) is 14.2. The lowest BCUT2D eigenvalue weighted by molar-refractivity contribution is 0.0952. The molecule has 2 heterocycles. The first-order chi connectivity index (χ1) is 12.0. The van der Waals surface area contributed by atoms with Crippen molar-refractivity contribution in [2.45, 2.75) is 13.3 Å². The molecule has 0 fully saturated rings. The van der Waals surface area contributed by atoms with Gasteiger partial charge in [-0.2, -0.15) is 5.10 Å². The maximum atomic E-state index is 12.2. The van der Waals surface area contributed by atoms with Gasteiger partial charge in [-0.05, 0) is 42.7 Å². The number of carbonyl (C=O) groups excluding carboxylic acids is 1. The van der Waals surface area contributed by atoms with Gasteiger partial charge in [0.05, 0.1) is 6.20 Å². The molecule has 3 aromatic rings. The van der Waals surface area contributed by atoms with E-state index in [9.17, 15) is 9.59 Å². The van der Waals surface area contributed by atoms with Crippen LogP contribution in [0.4, 0.5) is 0 Å². The lowest BCUT2D eigenvalue weighted by Gasteiger charge is -2.06. The van der Waals surface area contributed by atoms with Gasteiger partial charge in [0.25, 0.3) is 11.5 Å². The molecule has 0 saturated heterocycles. The first kappa shape index (κ1) is 16.7. The minimum atomic E-state index is -0.391. The van der Waals surface area contributed by atoms with Crippen molar-refractivity contribution in [2.24, 2.45) is 7.05 Å². The second-order valence-electron chi connectivity index (χ2n) is 6.01. The number of nitrogens with one attached hydrogen (secondary N) is 2. The van der Waals surface area contributed by atoms with Gasteiger partial charge in [0.1, 0.15) is 5.56 Å². The van der Waals surface area contributed by atoms with E-state index in [1.54, 1.807) is 23.0 Å². The van der Waals surface area contributed by atoms with Gasteiger partial charge in [-0.3, -0.25) is 14.3 Å². The summed E-state index contributed by atoms with van der Waals surface area (Å²) >= 11 is 0. The van der Waals surface area contributed by atoms with Crippen LogP contribution >= 0.6 is 0 Å². The third-order valence-electron chi connectivity index (χ3n) is 3.94. The monoisotopic (exact) mass is 336 g/mol. The fourth-order valence-corrected chi connectivity index (χ4v) is 2.65. The van der Waals surface area contributed by atoms with Crippen LogP contribution in [-0.2, 0) is 13.5 Å². The van der Waals surface area contributed by atoms with Crippen molar-refractivity contribution in [3.63, 3.8) is 0 Å². The highest BCUT2D eigenvalue weighted by atomic mass is 16.2. The van der Waals surface area contributed by atoms with E-state index < -0.39 is 5.56 Å². The Labute approximate surface area is 145 Å². The number of rotatable bonds is 5. The van der Waals surface area contributed by atoms with Crippen LogP contribution in [-0.4, -0.2) is 27.2 Å². The minimum Gasteiger partial charge on any atom is -0.352 e. The van der Waals surface area contributed by atoms with E-state index in [0.29, 0.717) is 18.7 Å². The maximum absolute atomic E-state index is 12.2. The Balaban J connectivity index is 1.68. The number of aromatic amines is 1. The van der Waals surface area contributed by atoms with Crippen LogP contribution in [0.25, 0.3) is 11.3 Å². The van der Waals surface area contributed by atoms with Crippen molar-refractivity contribution in [1.29, 1.82) is 0 Å². The topological polar surface area (TPSA) is 79.8 Å². The summed E-state index contributed by atoms with van der Waals surface area (Å²) in [4.78, 5) is 27.2. The molecule has 0 radical (unpaired) electrons. The third-order valence-corrected chi connectivity index (χ3v) is 3.94. The molecule has 1 amide bonds. The summed E-state index contributed by atoms with van der Waals surface area (Å²) in [5.74, 6) is -0.374. The van der Waals surface area contributed by atoms with Crippen LogP contribution in [0.3, 0.4) is 0 Å². The van der Waals surface area contributed by atoms with Crippen molar-refractivity contribution < 1.29 is 4.79 Å². The van der Waals surface area contributed by atoms with Gasteiger partial charge in [-0.1, -0.05) is 23.8 Å². The molecular formula is C19H20N4O2. The van der Waals surface area contributed by atoms with E-state index in [0.717, 1.165) is 16.7 Å². The molecular weight excluding hydrogens is 316 g/mol. The van der Waals surface area contributed by atoms with Gasteiger partial charge in [0, 0.05) is 25.5 Å².